The second-order valence-corrected chi connectivity index (χ2v) is 3.75. The summed E-state index contributed by atoms with van der Waals surface area (Å²) < 4.78 is 0. The first-order valence-corrected chi connectivity index (χ1v) is 5.30. The standard InChI is InChI=1S/C12H15N2O/c15-12(11-9-13-6-7-14-11)8-10-4-2-1-3-5-10/h1-5,11,13H,6-9H2. The molecule has 2 rings (SSSR count). The van der Waals surface area contributed by atoms with Crippen LogP contribution >= 0.6 is 0 Å². The zero-order valence-electron chi connectivity index (χ0n) is 8.65. The molecule has 1 fully saturated rings. The molecule has 0 saturated carbocycles. The third kappa shape index (κ3) is 2.88. The second-order valence-electron chi connectivity index (χ2n) is 3.75. The van der Waals surface area contributed by atoms with Crippen LogP contribution in [0.3, 0.4) is 0 Å². The van der Waals surface area contributed by atoms with Crippen LogP contribution in [0.15, 0.2) is 30.3 Å². The number of hydrogen-bond donors (Lipinski definition) is 1. The van der Waals surface area contributed by atoms with E-state index in [0.29, 0.717) is 13.0 Å². The summed E-state index contributed by atoms with van der Waals surface area (Å²) in [5.41, 5.74) is 1.07. The fourth-order valence-electron chi connectivity index (χ4n) is 1.73. The van der Waals surface area contributed by atoms with E-state index in [1.165, 1.54) is 0 Å². The molecule has 79 valence electrons. The summed E-state index contributed by atoms with van der Waals surface area (Å²) in [6.07, 6.45) is 0.497. The molecule has 1 aromatic rings. The topological polar surface area (TPSA) is 43.2 Å². The quantitative estimate of drug-likeness (QED) is 0.771. The Kier molecular flexibility index (Phi) is 3.48. The van der Waals surface area contributed by atoms with Crippen molar-refractivity contribution in [3.8, 4) is 0 Å². The summed E-state index contributed by atoms with van der Waals surface area (Å²) in [7, 11) is 0. The van der Waals surface area contributed by atoms with Gasteiger partial charge in [0.25, 0.3) is 0 Å². The lowest BCUT2D eigenvalue weighted by atomic mass is 10.0. The first kappa shape index (κ1) is 10.3. The molecule has 1 aliphatic heterocycles. The van der Waals surface area contributed by atoms with Gasteiger partial charge < -0.3 is 5.32 Å². The third-order valence-corrected chi connectivity index (χ3v) is 2.57. The Bertz CT molecular complexity index is 318. The molecule has 1 N–H and O–H groups in total. The molecule has 1 aliphatic rings. The molecule has 1 heterocycles. The van der Waals surface area contributed by atoms with Gasteiger partial charge in [-0.25, -0.2) is 5.32 Å². The van der Waals surface area contributed by atoms with Crippen LogP contribution < -0.4 is 10.6 Å². The molecule has 0 amide bonds. The number of nitrogens with one attached hydrogen (secondary N) is 1. The molecular weight excluding hydrogens is 188 g/mol. The summed E-state index contributed by atoms with van der Waals surface area (Å²) in [6, 6.07) is 9.69. The average molecular weight is 203 g/mol. The third-order valence-electron chi connectivity index (χ3n) is 2.57. The first-order valence-electron chi connectivity index (χ1n) is 5.30. The van der Waals surface area contributed by atoms with Crippen LogP contribution in [0.2, 0.25) is 0 Å². The molecule has 1 radical (unpaired) electrons. The summed E-state index contributed by atoms with van der Waals surface area (Å²) in [6.45, 7) is 2.35. The lowest BCUT2D eigenvalue weighted by Gasteiger charge is -2.21. The van der Waals surface area contributed by atoms with E-state index in [1.54, 1.807) is 0 Å². The lowest BCUT2D eigenvalue weighted by molar-refractivity contribution is -0.120. The molecule has 1 unspecified atom stereocenters. The Labute approximate surface area is 89.9 Å². The highest BCUT2D eigenvalue weighted by atomic mass is 16.1. The van der Waals surface area contributed by atoms with E-state index < -0.39 is 0 Å². The minimum Gasteiger partial charge on any atom is -0.313 e. The molecular formula is C12H15N2O. The first-order chi connectivity index (χ1) is 7.36. The van der Waals surface area contributed by atoms with E-state index in [-0.39, 0.29) is 11.8 Å². The van der Waals surface area contributed by atoms with Gasteiger partial charge in [0, 0.05) is 26.1 Å². The van der Waals surface area contributed by atoms with Crippen LogP contribution in [-0.4, -0.2) is 31.5 Å². The maximum Gasteiger partial charge on any atom is 0.157 e. The van der Waals surface area contributed by atoms with E-state index in [2.05, 4.69) is 10.6 Å². The highest BCUT2D eigenvalue weighted by Gasteiger charge is 2.21. The van der Waals surface area contributed by atoms with Gasteiger partial charge in [0.1, 0.15) is 0 Å². The Morgan fingerprint density at radius 2 is 2.20 bits per heavy atom. The number of rotatable bonds is 3. The van der Waals surface area contributed by atoms with Gasteiger partial charge in [-0.2, -0.15) is 0 Å². The van der Waals surface area contributed by atoms with Gasteiger partial charge in [-0.15, -0.1) is 0 Å². The predicted molar refractivity (Wildman–Crippen MR) is 58.8 cm³/mol. The van der Waals surface area contributed by atoms with Crippen molar-refractivity contribution in [3.05, 3.63) is 35.9 Å². The SMILES string of the molecule is O=C(Cc1ccccc1)C1CNCC[N]1. The van der Waals surface area contributed by atoms with Crippen molar-refractivity contribution in [2.24, 2.45) is 0 Å². The fourth-order valence-corrected chi connectivity index (χ4v) is 1.73. The molecule has 1 saturated heterocycles. The lowest BCUT2D eigenvalue weighted by Crippen LogP contribution is -2.48. The number of Topliss-reactive ketones (excluding diaryl/α,β-unsaturated/α-hetero) is 1. The van der Waals surface area contributed by atoms with Crippen LogP contribution in [0.4, 0.5) is 0 Å². The number of hydrogen-bond acceptors (Lipinski definition) is 2. The molecule has 0 aliphatic carbocycles. The largest absolute Gasteiger partial charge is 0.313 e. The van der Waals surface area contributed by atoms with Crippen LogP contribution in [0.25, 0.3) is 0 Å². The van der Waals surface area contributed by atoms with Gasteiger partial charge in [0.15, 0.2) is 5.78 Å². The minimum absolute atomic E-state index is 0.140. The summed E-state index contributed by atoms with van der Waals surface area (Å²) in [5, 5.41) is 7.50. The van der Waals surface area contributed by atoms with Crippen LogP contribution in [0.5, 0.6) is 0 Å². The van der Waals surface area contributed by atoms with E-state index >= 15 is 0 Å². The van der Waals surface area contributed by atoms with E-state index in [4.69, 9.17) is 0 Å². The van der Waals surface area contributed by atoms with Crippen molar-refractivity contribution in [2.75, 3.05) is 19.6 Å². The molecule has 15 heavy (non-hydrogen) atoms. The second kappa shape index (κ2) is 5.05. The summed E-state index contributed by atoms with van der Waals surface area (Å²) in [4.78, 5) is 11.8. The Morgan fingerprint density at radius 3 is 2.87 bits per heavy atom. The van der Waals surface area contributed by atoms with Gasteiger partial charge in [0.05, 0.1) is 6.04 Å². The number of ketones is 1. The predicted octanol–water partition coefficient (Wildman–Crippen LogP) is 0.374. The van der Waals surface area contributed by atoms with E-state index in [1.807, 2.05) is 30.3 Å². The number of carbonyl (C=O) groups is 1. The molecule has 0 aromatic heterocycles. The smallest absolute Gasteiger partial charge is 0.157 e. The number of carbonyl (C=O) groups excluding carboxylic acids is 1. The van der Waals surface area contributed by atoms with Gasteiger partial charge in [-0.1, -0.05) is 30.3 Å². The maximum atomic E-state index is 11.8. The highest BCUT2D eigenvalue weighted by Crippen LogP contribution is 2.03. The summed E-state index contributed by atoms with van der Waals surface area (Å²) in [5.74, 6) is 0.216. The van der Waals surface area contributed by atoms with Gasteiger partial charge >= 0.3 is 0 Å². The normalized spacial score (nSPS) is 21.2. The zero-order valence-corrected chi connectivity index (χ0v) is 8.65. The monoisotopic (exact) mass is 203 g/mol. The van der Waals surface area contributed by atoms with Crippen molar-refractivity contribution >= 4 is 5.78 Å². The van der Waals surface area contributed by atoms with Crippen LogP contribution in [0.1, 0.15) is 5.56 Å². The molecule has 1 aromatic carbocycles. The number of piperazine rings is 1. The molecule has 0 spiro atoms. The molecule has 3 nitrogen and oxygen atoms in total. The van der Waals surface area contributed by atoms with Crippen molar-refractivity contribution in [1.82, 2.24) is 10.6 Å². The van der Waals surface area contributed by atoms with Gasteiger partial charge in [-0.3, -0.25) is 4.79 Å². The van der Waals surface area contributed by atoms with E-state index in [0.717, 1.165) is 18.7 Å². The van der Waals surface area contributed by atoms with Crippen molar-refractivity contribution in [1.29, 1.82) is 0 Å². The highest BCUT2D eigenvalue weighted by molar-refractivity contribution is 5.86. The average Bonchev–Trinajstić information content (AvgIpc) is 2.31. The maximum absolute atomic E-state index is 11.8. The van der Waals surface area contributed by atoms with E-state index in [9.17, 15) is 4.79 Å². The Hall–Kier alpha value is -1.19. The van der Waals surface area contributed by atoms with Crippen molar-refractivity contribution in [3.63, 3.8) is 0 Å². The molecule has 3 heteroatoms. The number of nitrogens with zero attached hydrogens (tertiary/aromatic N) is 1. The molecule has 0 bridgehead atoms. The Balaban J connectivity index is 1.91. The summed E-state index contributed by atoms with van der Waals surface area (Å²) >= 11 is 0. The fraction of sp³-hybridized carbons (Fsp3) is 0.417. The minimum atomic E-state index is -0.140. The van der Waals surface area contributed by atoms with Gasteiger partial charge in [0.2, 0.25) is 0 Å². The number of benzene rings is 1. The zero-order chi connectivity index (χ0) is 10.5. The van der Waals surface area contributed by atoms with Crippen molar-refractivity contribution in [2.45, 2.75) is 12.5 Å². The van der Waals surface area contributed by atoms with Crippen LogP contribution in [-0.2, 0) is 11.2 Å². The van der Waals surface area contributed by atoms with Crippen LogP contribution in [0, 0.1) is 0 Å². The molecule has 1 atom stereocenters. The van der Waals surface area contributed by atoms with Crippen molar-refractivity contribution < 1.29 is 4.79 Å². The Morgan fingerprint density at radius 1 is 1.40 bits per heavy atom. The van der Waals surface area contributed by atoms with Gasteiger partial charge in [-0.05, 0) is 5.56 Å².